The Morgan fingerprint density at radius 1 is 1.40 bits per heavy atom. The minimum atomic E-state index is -3.73. The van der Waals surface area contributed by atoms with Crippen molar-refractivity contribution >= 4 is 15.8 Å². The van der Waals surface area contributed by atoms with Gasteiger partial charge >= 0.3 is 15.8 Å². The molecular weight excluding hydrogens is 222 g/mol. The minimum Gasteiger partial charge on any atom is -0.375 e. The lowest BCUT2D eigenvalue weighted by atomic mass is 10.3. The van der Waals surface area contributed by atoms with Gasteiger partial charge in [-0.25, -0.2) is 0 Å². The van der Waals surface area contributed by atoms with Crippen molar-refractivity contribution < 1.29 is 17.5 Å². The summed E-state index contributed by atoms with van der Waals surface area (Å²) in [4.78, 5) is 9.83. The number of nitro groups is 1. The second-order valence-electron chi connectivity index (χ2n) is 2.65. The van der Waals surface area contributed by atoms with E-state index in [0.29, 0.717) is 0 Å². The molecule has 1 aromatic rings. The first kappa shape index (κ1) is 11.4. The molecule has 0 unspecified atom stereocenters. The molecule has 0 aliphatic rings. The first-order valence-corrected chi connectivity index (χ1v) is 5.69. The quantitative estimate of drug-likeness (QED) is 0.443. The molecule has 0 aromatic heterocycles. The highest BCUT2D eigenvalue weighted by atomic mass is 32.2. The predicted molar refractivity (Wildman–Crippen MR) is 53.2 cm³/mol. The topological polar surface area (TPSA) is 86.5 Å². The Bertz CT molecular complexity index is 468. The molecule has 7 heteroatoms. The zero-order valence-electron chi connectivity index (χ0n) is 7.91. The normalized spacial score (nSPS) is 11.0. The molecule has 0 saturated heterocycles. The predicted octanol–water partition coefficient (Wildman–Crippen LogP) is 1.32. The number of rotatable bonds is 4. The Kier molecular flexibility index (Phi) is 3.25. The number of hydrogen-bond acceptors (Lipinski definition) is 5. The highest BCUT2D eigenvalue weighted by Crippen LogP contribution is 2.27. The van der Waals surface area contributed by atoms with Gasteiger partial charge in [0.15, 0.2) is 0 Å². The number of nitro benzene ring substituents is 1. The van der Waals surface area contributed by atoms with E-state index in [0.717, 1.165) is 0 Å². The van der Waals surface area contributed by atoms with Gasteiger partial charge in [0, 0.05) is 6.07 Å². The van der Waals surface area contributed by atoms with E-state index in [9.17, 15) is 18.5 Å². The van der Waals surface area contributed by atoms with Gasteiger partial charge in [-0.15, -0.1) is 0 Å². The number of hydrogen-bond donors (Lipinski definition) is 0. The zero-order valence-corrected chi connectivity index (χ0v) is 8.73. The molecule has 0 saturated carbocycles. The van der Waals surface area contributed by atoms with Gasteiger partial charge in [-0.3, -0.25) is 10.1 Å². The van der Waals surface area contributed by atoms with Crippen molar-refractivity contribution in [1.29, 1.82) is 0 Å². The summed E-state index contributed by atoms with van der Waals surface area (Å²) >= 11 is 0. The standard InChI is InChI=1S/C8H9NO5S/c1-2-15(12,13)14-8-6-4-3-5-7(8)9(10)11/h3-6H,2H2,1H3. The smallest absolute Gasteiger partial charge is 0.312 e. The van der Waals surface area contributed by atoms with Crippen LogP contribution in [0.5, 0.6) is 5.75 Å². The fourth-order valence-electron chi connectivity index (χ4n) is 0.874. The summed E-state index contributed by atoms with van der Waals surface area (Å²) in [5.74, 6) is -0.497. The summed E-state index contributed by atoms with van der Waals surface area (Å²) in [6.45, 7) is 1.39. The second kappa shape index (κ2) is 4.26. The van der Waals surface area contributed by atoms with Crippen LogP contribution < -0.4 is 4.18 Å². The van der Waals surface area contributed by atoms with Crippen molar-refractivity contribution in [2.75, 3.05) is 5.75 Å². The average molecular weight is 231 g/mol. The molecule has 0 aliphatic heterocycles. The Morgan fingerprint density at radius 3 is 2.53 bits per heavy atom. The van der Waals surface area contributed by atoms with Crippen LogP contribution >= 0.6 is 0 Å². The lowest BCUT2D eigenvalue weighted by Gasteiger charge is -2.04. The van der Waals surface area contributed by atoms with Gasteiger partial charge in [0.05, 0.1) is 10.7 Å². The van der Waals surface area contributed by atoms with Crippen molar-refractivity contribution in [3.8, 4) is 5.75 Å². The van der Waals surface area contributed by atoms with Gasteiger partial charge in [-0.2, -0.15) is 8.42 Å². The first-order valence-electron chi connectivity index (χ1n) is 4.12. The summed E-state index contributed by atoms with van der Waals surface area (Å²) in [6, 6.07) is 5.32. The lowest BCUT2D eigenvalue weighted by Crippen LogP contribution is -2.12. The van der Waals surface area contributed by atoms with E-state index in [1.165, 1.54) is 31.2 Å². The molecule has 0 aliphatic carbocycles. The van der Waals surface area contributed by atoms with Gasteiger partial charge in [0.25, 0.3) is 0 Å². The summed E-state index contributed by atoms with van der Waals surface area (Å²) in [6.07, 6.45) is 0. The molecule has 0 N–H and O–H groups in total. The molecule has 0 heterocycles. The molecule has 1 rings (SSSR count). The van der Waals surface area contributed by atoms with Crippen LogP contribution in [0.4, 0.5) is 5.69 Å². The van der Waals surface area contributed by atoms with Gasteiger partial charge in [0.1, 0.15) is 0 Å². The Labute approximate surface area is 86.8 Å². The van der Waals surface area contributed by atoms with E-state index in [1.54, 1.807) is 0 Å². The van der Waals surface area contributed by atoms with E-state index in [2.05, 4.69) is 4.18 Å². The van der Waals surface area contributed by atoms with E-state index in [4.69, 9.17) is 0 Å². The molecule has 6 nitrogen and oxygen atoms in total. The maximum atomic E-state index is 11.1. The van der Waals surface area contributed by atoms with Gasteiger partial charge in [-0.05, 0) is 13.0 Å². The van der Waals surface area contributed by atoms with Crippen molar-refractivity contribution in [1.82, 2.24) is 0 Å². The Balaban J connectivity index is 3.10. The van der Waals surface area contributed by atoms with E-state index in [-0.39, 0.29) is 17.2 Å². The molecule has 0 bridgehead atoms. The van der Waals surface area contributed by atoms with Crippen molar-refractivity contribution in [3.63, 3.8) is 0 Å². The molecule has 15 heavy (non-hydrogen) atoms. The fourth-order valence-corrected chi connectivity index (χ4v) is 1.41. The number of nitrogens with zero attached hydrogens (tertiary/aromatic N) is 1. The zero-order chi connectivity index (χ0) is 11.5. The number of benzene rings is 1. The fraction of sp³-hybridized carbons (Fsp3) is 0.250. The van der Waals surface area contributed by atoms with Gasteiger partial charge in [0.2, 0.25) is 5.75 Å². The van der Waals surface area contributed by atoms with Crippen LogP contribution in [-0.4, -0.2) is 19.1 Å². The monoisotopic (exact) mass is 231 g/mol. The van der Waals surface area contributed by atoms with Crippen LogP contribution in [0.25, 0.3) is 0 Å². The highest BCUT2D eigenvalue weighted by molar-refractivity contribution is 7.87. The molecule has 0 atom stereocenters. The summed E-state index contributed by atoms with van der Waals surface area (Å²) in [7, 11) is -3.73. The third-order valence-electron chi connectivity index (χ3n) is 1.63. The molecule has 0 spiro atoms. The van der Waals surface area contributed by atoms with Crippen molar-refractivity contribution in [2.24, 2.45) is 0 Å². The molecular formula is C8H9NO5S. The Hall–Kier alpha value is -1.63. The highest BCUT2D eigenvalue weighted by Gasteiger charge is 2.19. The van der Waals surface area contributed by atoms with E-state index >= 15 is 0 Å². The summed E-state index contributed by atoms with van der Waals surface area (Å²) < 4.78 is 26.8. The van der Waals surface area contributed by atoms with E-state index < -0.39 is 15.0 Å². The molecule has 82 valence electrons. The van der Waals surface area contributed by atoms with Gasteiger partial charge in [-0.1, -0.05) is 12.1 Å². The van der Waals surface area contributed by atoms with Gasteiger partial charge < -0.3 is 4.18 Å². The van der Waals surface area contributed by atoms with Crippen LogP contribution in [0.1, 0.15) is 6.92 Å². The first-order chi connectivity index (χ1) is 6.96. The summed E-state index contributed by atoms with van der Waals surface area (Å²) in [5, 5.41) is 10.5. The maximum absolute atomic E-state index is 11.1. The molecule has 0 amide bonds. The number of para-hydroxylation sites is 2. The third kappa shape index (κ3) is 2.91. The van der Waals surface area contributed by atoms with Crippen LogP contribution in [0, 0.1) is 10.1 Å². The van der Waals surface area contributed by atoms with Crippen LogP contribution in [0.2, 0.25) is 0 Å². The third-order valence-corrected chi connectivity index (χ3v) is 2.77. The second-order valence-corrected chi connectivity index (χ2v) is 4.51. The van der Waals surface area contributed by atoms with Crippen molar-refractivity contribution in [2.45, 2.75) is 6.92 Å². The Morgan fingerprint density at radius 2 is 2.00 bits per heavy atom. The van der Waals surface area contributed by atoms with Crippen LogP contribution in [0.15, 0.2) is 24.3 Å². The van der Waals surface area contributed by atoms with Crippen LogP contribution in [-0.2, 0) is 10.1 Å². The molecule has 0 radical (unpaired) electrons. The summed E-state index contributed by atoms with van der Waals surface area (Å²) in [5.41, 5.74) is -0.366. The van der Waals surface area contributed by atoms with Crippen molar-refractivity contribution in [3.05, 3.63) is 34.4 Å². The average Bonchev–Trinajstić information content (AvgIpc) is 2.18. The van der Waals surface area contributed by atoms with Crippen LogP contribution in [0.3, 0.4) is 0 Å². The lowest BCUT2D eigenvalue weighted by molar-refractivity contribution is -0.385. The SMILES string of the molecule is CCS(=O)(=O)Oc1ccccc1[N+](=O)[O-]. The van der Waals surface area contributed by atoms with E-state index in [1.807, 2.05) is 0 Å². The minimum absolute atomic E-state index is 0.237. The largest absolute Gasteiger partial charge is 0.375 e. The molecule has 0 fully saturated rings. The molecule has 1 aromatic carbocycles. The maximum Gasteiger partial charge on any atom is 0.312 e.